The van der Waals surface area contributed by atoms with Gasteiger partial charge in [0.25, 0.3) is 5.91 Å². The molecule has 2 aromatic carbocycles. The largest absolute Gasteiger partial charge is 0.345 e. The number of amides is 2. The normalized spacial score (nSPS) is 10.3. The van der Waals surface area contributed by atoms with Crippen LogP contribution in [0, 0.1) is 6.92 Å². The van der Waals surface area contributed by atoms with Gasteiger partial charge in [0.05, 0.1) is 5.75 Å². The number of nitrogens with one attached hydrogen (secondary N) is 1. The summed E-state index contributed by atoms with van der Waals surface area (Å²) in [6.45, 7) is 2.06. The van der Waals surface area contributed by atoms with Gasteiger partial charge in [0.2, 0.25) is 5.91 Å². The molecule has 2 amide bonds. The number of carbonyl (C=O) groups is 2. The maximum Gasteiger partial charge on any atom is 0.253 e. The van der Waals surface area contributed by atoms with Gasteiger partial charge in [-0.05, 0) is 36.8 Å². The smallest absolute Gasteiger partial charge is 0.253 e. The van der Waals surface area contributed by atoms with Crippen LogP contribution >= 0.6 is 11.8 Å². The van der Waals surface area contributed by atoms with Crippen molar-refractivity contribution in [1.82, 2.24) is 4.90 Å². The lowest BCUT2D eigenvalue weighted by Gasteiger charge is -2.11. The standard InChI is InChI=1S/C19H22N2O2S/c1-14-5-4-6-15(11-14)12-24-13-18(22)20-17-9-7-16(8-10-17)19(23)21(2)3/h4-11H,12-13H2,1-3H3,(H,20,22). The highest BCUT2D eigenvalue weighted by atomic mass is 32.2. The molecule has 24 heavy (non-hydrogen) atoms. The average molecular weight is 342 g/mol. The molecule has 2 aromatic rings. The third-order valence-corrected chi connectivity index (χ3v) is 4.41. The molecule has 0 bridgehead atoms. The number of hydrogen-bond acceptors (Lipinski definition) is 3. The molecule has 4 nitrogen and oxygen atoms in total. The first kappa shape index (κ1) is 18.1. The number of carbonyl (C=O) groups excluding carboxylic acids is 2. The molecule has 0 aromatic heterocycles. The lowest BCUT2D eigenvalue weighted by molar-refractivity contribution is -0.113. The summed E-state index contributed by atoms with van der Waals surface area (Å²) in [5, 5.41) is 2.85. The van der Waals surface area contributed by atoms with E-state index < -0.39 is 0 Å². The number of anilines is 1. The third-order valence-electron chi connectivity index (χ3n) is 3.41. The van der Waals surface area contributed by atoms with Gasteiger partial charge < -0.3 is 10.2 Å². The number of hydrogen-bond donors (Lipinski definition) is 1. The molecule has 0 spiro atoms. The zero-order chi connectivity index (χ0) is 17.5. The molecule has 0 saturated heterocycles. The first-order valence-electron chi connectivity index (χ1n) is 7.70. The van der Waals surface area contributed by atoms with Gasteiger partial charge in [-0.25, -0.2) is 0 Å². The topological polar surface area (TPSA) is 49.4 Å². The van der Waals surface area contributed by atoms with E-state index in [9.17, 15) is 9.59 Å². The molecule has 0 unspecified atom stereocenters. The molecule has 0 aliphatic carbocycles. The van der Waals surface area contributed by atoms with Crippen LogP contribution in [0.2, 0.25) is 0 Å². The Morgan fingerprint density at radius 2 is 1.79 bits per heavy atom. The van der Waals surface area contributed by atoms with Gasteiger partial charge in [0.1, 0.15) is 0 Å². The van der Waals surface area contributed by atoms with Crippen LogP contribution in [0.15, 0.2) is 48.5 Å². The Morgan fingerprint density at radius 3 is 2.42 bits per heavy atom. The van der Waals surface area contributed by atoms with Crippen LogP contribution in [0.25, 0.3) is 0 Å². The fourth-order valence-electron chi connectivity index (χ4n) is 2.21. The van der Waals surface area contributed by atoms with Crippen molar-refractivity contribution in [2.24, 2.45) is 0 Å². The van der Waals surface area contributed by atoms with Gasteiger partial charge in [0, 0.05) is 31.1 Å². The number of rotatable bonds is 6. The van der Waals surface area contributed by atoms with Crippen LogP contribution in [0.5, 0.6) is 0 Å². The Labute approximate surface area is 147 Å². The summed E-state index contributed by atoms with van der Waals surface area (Å²) < 4.78 is 0. The molecular formula is C19H22N2O2S. The fraction of sp³-hybridized carbons (Fsp3) is 0.263. The van der Waals surface area contributed by atoms with E-state index in [-0.39, 0.29) is 11.8 Å². The van der Waals surface area contributed by atoms with Crippen LogP contribution in [-0.2, 0) is 10.5 Å². The molecular weight excluding hydrogens is 320 g/mol. The Balaban J connectivity index is 1.81. The minimum absolute atomic E-state index is 0.0423. The van der Waals surface area contributed by atoms with E-state index in [1.165, 1.54) is 16.0 Å². The zero-order valence-electron chi connectivity index (χ0n) is 14.2. The minimum Gasteiger partial charge on any atom is -0.345 e. The summed E-state index contributed by atoms with van der Waals surface area (Å²) in [6, 6.07) is 15.2. The van der Waals surface area contributed by atoms with Crippen molar-refractivity contribution in [3.05, 3.63) is 65.2 Å². The number of thioether (sulfide) groups is 1. The summed E-state index contributed by atoms with van der Waals surface area (Å²) in [7, 11) is 3.42. The summed E-state index contributed by atoms with van der Waals surface area (Å²) in [4.78, 5) is 25.3. The molecule has 0 saturated carbocycles. The maximum atomic E-state index is 12.0. The fourth-order valence-corrected chi connectivity index (χ4v) is 2.99. The van der Waals surface area contributed by atoms with E-state index >= 15 is 0 Å². The van der Waals surface area contributed by atoms with Crippen molar-refractivity contribution in [3.63, 3.8) is 0 Å². The van der Waals surface area contributed by atoms with Gasteiger partial charge in [-0.1, -0.05) is 29.8 Å². The summed E-state index contributed by atoms with van der Waals surface area (Å²) >= 11 is 1.58. The molecule has 0 fully saturated rings. The van der Waals surface area contributed by atoms with Crippen LogP contribution < -0.4 is 5.32 Å². The second-order valence-electron chi connectivity index (χ2n) is 5.81. The van der Waals surface area contributed by atoms with E-state index in [0.717, 1.165) is 5.75 Å². The average Bonchev–Trinajstić information content (AvgIpc) is 2.55. The van der Waals surface area contributed by atoms with E-state index in [1.54, 1.807) is 50.1 Å². The van der Waals surface area contributed by atoms with Gasteiger partial charge in [0.15, 0.2) is 0 Å². The Hall–Kier alpha value is -2.27. The van der Waals surface area contributed by atoms with Gasteiger partial charge in [-0.3, -0.25) is 9.59 Å². The number of benzene rings is 2. The highest BCUT2D eigenvalue weighted by molar-refractivity contribution is 7.99. The molecule has 5 heteroatoms. The monoisotopic (exact) mass is 342 g/mol. The van der Waals surface area contributed by atoms with Crippen LogP contribution in [-0.4, -0.2) is 36.6 Å². The maximum absolute atomic E-state index is 12.0. The van der Waals surface area contributed by atoms with Crippen molar-refractivity contribution >= 4 is 29.3 Å². The first-order chi connectivity index (χ1) is 11.5. The Bertz CT molecular complexity index is 712. The summed E-state index contributed by atoms with van der Waals surface area (Å²) in [5.41, 5.74) is 3.75. The molecule has 126 valence electrons. The van der Waals surface area contributed by atoms with Crippen molar-refractivity contribution in [2.75, 3.05) is 25.2 Å². The van der Waals surface area contributed by atoms with Crippen LogP contribution in [0.1, 0.15) is 21.5 Å². The highest BCUT2D eigenvalue weighted by Gasteiger charge is 2.08. The molecule has 0 aliphatic heterocycles. The van der Waals surface area contributed by atoms with Gasteiger partial charge >= 0.3 is 0 Å². The van der Waals surface area contributed by atoms with E-state index in [2.05, 4.69) is 30.4 Å². The summed E-state index contributed by atoms with van der Waals surface area (Å²) in [5.74, 6) is 1.11. The second kappa shape index (κ2) is 8.55. The first-order valence-corrected chi connectivity index (χ1v) is 8.86. The Kier molecular flexibility index (Phi) is 6.44. The summed E-state index contributed by atoms with van der Waals surface area (Å²) in [6.07, 6.45) is 0. The Morgan fingerprint density at radius 1 is 1.08 bits per heavy atom. The number of nitrogens with zero attached hydrogens (tertiary/aromatic N) is 1. The lowest BCUT2D eigenvalue weighted by Crippen LogP contribution is -2.21. The molecule has 1 N–H and O–H groups in total. The second-order valence-corrected chi connectivity index (χ2v) is 6.79. The molecule has 0 radical (unpaired) electrons. The molecule has 2 rings (SSSR count). The quantitative estimate of drug-likeness (QED) is 0.873. The van der Waals surface area contributed by atoms with Crippen LogP contribution in [0.3, 0.4) is 0 Å². The molecule has 0 heterocycles. The van der Waals surface area contributed by atoms with E-state index in [1.807, 2.05) is 6.07 Å². The van der Waals surface area contributed by atoms with E-state index in [4.69, 9.17) is 0 Å². The molecule has 0 atom stereocenters. The predicted molar refractivity (Wildman–Crippen MR) is 100 cm³/mol. The van der Waals surface area contributed by atoms with Crippen molar-refractivity contribution in [1.29, 1.82) is 0 Å². The SMILES string of the molecule is Cc1cccc(CSCC(=O)Nc2ccc(C(=O)N(C)C)cc2)c1. The number of aryl methyl sites for hydroxylation is 1. The van der Waals surface area contributed by atoms with Gasteiger partial charge in [-0.15, -0.1) is 11.8 Å². The van der Waals surface area contributed by atoms with Gasteiger partial charge in [-0.2, -0.15) is 0 Å². The minimum atomic E-state index is -0.0541. The van der Waals surface area contributed by atoms with Crippen molar-refractivity contribution < 1.29 is 9.59 Å². The third kappa shape index (κ3) is 5.42. The van der Waals surface area contributed by atoms with Crippen molar-refractivity contribution in [2.45, 2.75) is 12.7 Å². The van der Waals surface area contributed by atoms with Crippen LogP contribution in [0.4, 0.5) is 5.69 Å². The zero-order valence-corrected chi connectivity index (χ0v) is 15.0. The predicted octanol–water partition coefficient (Wildman–Crippen LogP) is 3.57. The van der Waals surface area contributed by atoms with Crippen molar-refractivity contribution in [3.8, 4) is 0 Å². The lowest BCUT2D eigenvalue weighted by atomic mass is 10.2. The highest BCUT2D eigenvalue weighted by Crippen LogP contribution is 2.15. The molecule has 0 aliphatic rings. The van der Waals surface area contributed by atoms with E-state index in [0.29, 0.717) is 17.0 Å².